The van der Waals surface area contributed by atoms with E-state index >= 15 is 0 Å². The highest BCUT2D eigenvalue weighted by Gasteiger charge is 2.22. The van der Waals surface area contributed by atoms with Crippen molar-refractivity contribution in [2.45, 2.75) is 13.0 Å². The fraction of sp³-hybridized carbons (Fsp3) is 0.154. The molecule has 0 aliphatic rings. The first kappa shape index (κ1) is 13.6. The maximum atomic E-state index is 11.9. The average molecular weight is 275 g/mol. The summed E-state index contributed by atoms with van der Waals surface area (Å²) in [6.07, 6.45) is 0. The van der Waals surface area contributed by atoms with Crippen molar-refractivity contribution < 1.29 is 9.90 Å². The third-order valence-electron chi connectivity index (χ3n) is 2.98. The first-order valence-corrected chi connectivity index (χ1v) is 5.86. The number of amides is 1. The van der Waals surface area contributed by atoms with E-state index in [-0.39, 0.29) is 5.56 Å². The summed E-state index contributed by atoms with van der Waals surface area (Å²) in [4.78, 5) is 36.9. The van der Waals surface area contributed by atoms with E-state index in [0.717, 1.165) is 4.57 Å². The van der Waals surface area contributed by atoms with Crippen LogP contribution in [-0.4, -0.2) is 20.6 Å². The summed E-state index contributed by atoms with van der Waals surface area (Å²) in [6, 6.07) is 7.24. The molecule has 0 spiro atoms. The molecule has 104 valence electrons. The second-order valence-electron chi connectivity index (χ2n) is 4.27. The van der Waals surface area contributed by atoms with Crippen molar-refractivity contribution in [3.8, 4) is 17.0 Å². The molecule has 1 amide bonds. The molecule has 0 saturated heterocycles. The third-order valence-corrected chi connectivity index (χ3v) is 2.98. The van der Waals surface area contributed by atoms with Crippen LogP contribution in [0.2, 0.25) is 0 Å². The fourth-order valence-electron chi connectivity index (χ4n) is 1.89. The molecule has 1 atom stereocenters. The van der Waals surface area contributed by atoms with Crippen LogP contribution in [0.4, 0.5) is 0 Å². The molecule has 7 heteroatoms. The molecule has 0 aliphatic heterocycles. The smallest absolute Gasteiger partial charge is 0.331 e. The lowest BCUT2D eigenvalue weighted by molar-refractivity contribution is -0.120. The van der Waals surface area contributed by atoms with Crippen molar-refractivity contribution in [3.05, 3.63) is 51.2 Å². The second-order valence-corrected chi connectivity index (χ2v) is 4.27. The lowest BCUT2D eigenvalue weighted by atomic mass is 10.1. The molecule has 0 saturated carbocycles. The number of carbonyl (C=O) groups excluding carboxylic acids is 1. The Morgan fingerprint density at radius 3 is 2.45 bits per heavy atom. The Labute approximate surface area is 113 Å². The number of hydrogen-bond donors (Lipinski definition) is 3. The molecular formula is C13H13N3O4. The highest BCUT2D eigenvalue weighted by molar-refractivity contribution is 5.78. The van der Waals surface area contributed by atoms with Crippen LogP contribution in [0.3, 0.4) is 0 Å². The van der Waals surface area contributed by atoms with E-state index in [9.17, 15) is 19.5 Å². The summed E-state index contributed by atoms with van der Waals surface area (Å²) in [5, 5.41) is 10.2. The standard InChI is InChI=1S/C13H13N3O4/c1-7(10(14)17)16-12(19)9(11(18)15-13(16)20)8-5-3-2-4-6-8/h2-7,19H,1H3,(H2,14,17)(H,15,18,20). The molecule has 0 radical (unpaired) electrons. The number of aromatic amines is 1. The van der Waals surface area contributed by atoms with Crippen LogP contribution in [0.1, 0.15) is 13.0 Å². The Hall–Kier alpha value is -2.83. The minimum atomic E-state index is -1.08. The van der Waals surface area contributed by atoms with Gasteiger partial charge in [-0.1, -0.05) is 30.3 Å². The summed E-state index contributed by atoms with van der Waals surface area (Å²) in [6.45, 7) is 1.36. The van der Waals surface area contributed by atoms with Crippen LogP contribution in [-0.2, 0) is 4.79 Å². The van der Waals surface area contributed by atoms with Gasteiger partial charge < -0.3 is 10.8 Å². The van der Waals surface area contributed by atoms with E-state index in [1.165, 1.54) is 6.92 Å². The van der Waals surface area contributed by atoms with Crippen molar-refractivity contribution in [1.82, 2.24) is 9.55 Å². The third kappa shape index (κ3) is 2.20. The van der Waals surface area contributed by atoms with Gasteiger partial charge in [-0.25, -0.2) is 4.79 Å². The van der Waals surface area contributed by atoms with Gasteiger partial charge in [0.15, 0.2) is 0 Å². The average Bonchev–Trinajstić information content (AvgIpc) is 2.39. The van der Waals surface area contributed by atoms with Crippen molar-refractivity contribution in [3.63, 3.8) is 0 Å². The summed E-state index contributed by atoms with van der Waals surface area (Å²) in [7, 11) is 0. The molecule has 1 aromatic carbocycles. The number of rotatable bonds is 3. The summed E-state index contributed by atoms with van der Waals surface area (Å²) in [5.74, 6) is -1.38. The lowest BCUT2D eigenvalue weighted by Crippen LogP contribution is -2.37. The number of aromatic hydroxyl groups is 1. The summed E-state index contributed by atoms with van der Waals surface area (Å²) in [5.41, 5.74) is 3.85. The van der Waals surface area contributed by atoms with Crippen LogP contribution >= 0.6 is 0 Å². The van der Waals surface area contributed by atoms with Gasteiger partial charge in [0, 0.05) is 0 Å². The molecule has 2 aromatic rings. The van der Waals surface area contributed by atoms with E-state index in [0.29, 0.717) is 5.56 Å². The number of nitrogens with one attached hydrogen (secondary N) is 1. The minimum Gasteiger partial charge on any atom is -0.494 e. The van der Waals surface area contributed by atoms with Gasteiger partial charge in [0.25, 0.3) is 5.56 Å². The Morgan fingerprint density at radius 2 is 1.90 bits per heavy atom. The number of benzene rings is 1. The van der Waals surface area contributed by atoms with Gasteiger partial charge in [0.2, 0.25) is 11.8 Å². The van der Waals surface area contributed by atoms with E-state index in [2.05, 4.69) is 4.98 Å². The number of nitrogens with zero attached hydrogens (tertiary/aromatic N) is 1. The Morgan fingerprint density at radius 1 is 1.30 bits per heavy atom. The van der Waals surface area contributed by atoms with Gasteiger partial charge in [-0.05, 0) is 12.5 Å². The number of carbonyl (C=O) groups is 1. The highest BCUT2D eigenvalue weighted by Crippen LogP contribution is 2.25. The van der Waals surface area contributed by atoms with E-state index in [1.807, 2.05) is 0 Å². The van der Waals surface area contributed by atoms with Gasteiger partial charge >= 0.3 is 5.69 Å². The lowest BCUT2D eigenvalue weighted by Gasteiger charge is -2.15. The number of primary amides is 1. The van der Waals surface area contributed by atoms with Gasteiger partial charge in [0.05, 0.1) is 0 Å². The Bertz CT molecular complexity index is 761. The molecule has 7 nitrogen and oxygen atoms in total. The Balaban J connectivity index is 2.78. The number of aromatic nitrogens is 2. The molecular weight excluding hydrogens is 262 g/mol. The molecule has 4 N–H and O–H groups in total. The molecule has 0 aliphatic carbocycles. The minimum absolute atomic E-state index is 0.0849. The molecule has 1 unspecified atom stereocenters. The van der Waals surface area contributed by atoms with Gasteiger partial charge in [-0.3, -0.25) is 19.1 Å². The van der Waals surface area contributed by atoms with Gasteiger partial charge in [0.1, 0.15) is 11.6 Å². The van der Waals surface area contributed by atoms with Crippen LogP contribution in [0.15, 0.2) is 39.9 Å². The van der Waals surface area contributed by atoms with E-state index < -0.39 is 29.1 Å². The largest absolute Gasteiger partial charge is 0.494 e. The Kier molecular flexibility index (Phi) is 3.43. The quantitative estimate of drug-likeness (QED) is 0.728. The molecule has 1 aromatic heterocycles. The molecule has 0 fully saturated rings. The van der Waals surface area contributed by atoms with Crippen molar-refractivity contribution in [2.75, 3.05) is 0 Å². The monoisotopic (exact) mass is 275 g/mol. The fourth-order valence-corrected chi connectivity index (χ4v) is 1.89. The van der Waals surface area contributed by atoms with Crippen LogP contribution in [0, 0.1) is 0 Å². The van der Waals surface area contributed by atoms with Crippen molar-refractivity contribution >= 4 is 5.91 Å². The van der Waals surface area contributed by atoms with Crippen LogP contribution in [0.5, 0.6) is 5.88 Å². The molecule has 1 heterocycles. The normalized spacial score (nSPS) is 12.1. The second kappa shape index (κ2) is 5.04. The topological polar surface area (TPSA) is 118 Å². The zero-order valence-electron chi connectivity index (χ0n) is 10.7. The molecule has 20 heavy (non-hydrogen) atoms. The van der Waals surface area contributed by atoms with E-state index in [1.54, 1.807) is 30.3 Å². The number of H-pyrrole nitrogens is 1. The van der Waals surface area contributed by atoms with Crippen LogP contribution < -0.4 is 17.0 Å². The van der Waals surface area contributed by atoms with Gasteiger partial charge in [-0.15, -0.1) is 0 Å². The van der Waals surface area contributed by atoms with E-state index in [4.69, 9.17) is 5.73 Å². The zero-order valence-corrected chi connectivity index (χ0v) is 10.7. The number of nitrogens with two attached hydrogens (primary N) is 1. The van der Waals surface area contributed by atoms with Gasteiger partial charge in [-0.2, -0.15) is 0 Å². The predicted molar refractivity (Wildman–Crippen MR) is 72.3 cm³/mol. The molecule has 0 bridgehead atoms. The summed E-state index contributed by atoms with van der Waals surface area (Å²) < 4.78 is 0.756. The maximum absolute atomic E-state index is 11.9. The zero-order chi connectivity index (χ0) is 14.9. The first-order valence-electron chi connectivity index (χ1n) is 5.86. The number of hydrogen-bond acceptors (Lipinski definition) is 4. The van der Waals surface area contributed by atoms with Crippen molar-refractivity contribution in [2.24, 2.45) is 5.73 Å². The highest BCUT2D eigenvalue weighted by atomic mass is 16.3. The maximum Gasteiger partial charge on any atom is 0.331 e. The summed E-state index contributed by atoms with van der Waals surface area (Å²) >= 11 is 0. The predicted octanol–water partition coefficient (Wildman–Crippen LogP) is -0.0445. The van der Waals surface area contributed by atoms with Crippen molar-refractivity contribution in [1.29, 1.82) is 0 Å². The SMILES string of the molecule is CC(C(N)=O)n1c(O)c(-c2ccccc2)c(=O)[nH]c1=O. The first-order chi connectivity index (χ1) is 9.43. The van der Waals surface area contributed by atoms with Crippen LogP contribution in [0.25, 0.3) is 11.1 Å². The molecule has 2 rings (SSSR count).